The van der Waals surface area contributed by atoms with Gasteiger partial charge in [-0.15, -0.1) is 0 Å². The lowest BCUT2D eigenvalue weighted by molar-refractivity contribution is 0.0568. The zero-order chi connectivity index (χ0) is 22.9. The zero-order valence-corrected chi connectivity index (χ0v) is 20.0. The van der Waals surface area contributed by atoms with E-state index in [4.69, 9.17) is 4.74 Å². The highest BCUT2D eigenvalue weighted by Gasteiger charge is 2.34. The Kier molecular flexibility index (Phi) is 6.89. The SMILES string of the molecule is Cc1cc(C)c(S(=O)(=O)N2CCC(N3CCC(Oc4ccccc4F)CC3)CC2)c(C)c1. The van der Waals surface area contributed by atoms with E-state index in [1.165, 1.54) is 6.07 Å². The van der Waals surface area contributed by atoms with Crippen molar-refractivity contribution in [3.8, 4) is 5.75 Å². The Hall–Kier alpha value is -1.96. The minimum Gasteiger partial charge on any atom is -0.487 e. The summed E-state index contributed by atoms with van der Waals surface area (Å²) < 4.78 is 48.0. The van der Waals surface area contributed by atoms with Crippen LogP contribution in [0.3, 0.4) is 0 Å². The first-order valence-corrected chi connectivity index (χ1v) is 12.9. The van der Waals surface area contributed by atoms with Gasteiger partial charge in [-0.1, -0.05) is 29.8 Å². The molecule has 5 nitrogen and oxygen atoms in total. The van der Waals surface area contributed by atoms with E-state index in [2.05, 4.69) is 4.90 Å². The molecule has 0 saturated carbocycles. The summed E-state index contributed by atoms with van der Waals surface area (Å²) in [4.78, 5) is 2.92. The maximum atomic E-state index is 13.8. The van der Waals surface area contributed by atoms with Crippen LogP contribution in [0.25, 0.3) is 0 Å². The highest BCUT2D eigenvalue weighted by atomic mass is 32.2. The van der Waals surface area contributed by atoms with Crippen LogP contribution in [0.5, 0.6) is 5.75 Å². The van der Waals surface area contributed by atoms with Gasteiger partial charge in [-0.3, -0.25) is 0 Å². The Bertz CT molecular complexity index is 1030. The molecule has 2 heterocycles. The average Bonchev–Trinajstić information content (AvgIpc) is 2.75. The molecule has 0 aromatic heterocycles. The van der Waals surface area contributed by atoms with E-state index in [1.54, 1.807) is 22.5 Å². The second kappa shape index (κ2) is 9.49. The minimum absolute atomic E-state index is 0.0242. The molecule has 0 aliphatic carbocycles. The van der Waals surface area contributed by atoms with Crippen LogP contribution in [0.2, 0.25) is 0 Å². The van der Waals surface area contributed by atoms with Gasteiger partial charge >= 0.3 is 0 Å². The molecule has 2 aliphatic heterocycles. The third kappa shape index (κ3) is 4.85. The summed E-state index contributed by atoms with van der Waals surface area (Å²) in [6.07, 6.45) is 3.41. The van der Waals surface area contributed by atoms with Crippen molar-refractivity contribution in [1.29, 1.82) is 0 Å². The van der Waals surface area contributed by atoms with Gasteiger partial charge in [0.1, 0.15) is 6.10 Å². The number of hydrogen-bond donors (Lipinski definition) is 0. The quantitative estimate of drug-likeness (QED) is 0.662. The molecule has 0 N–H and O–H groups in total. The summed E-state index contributed by atoms with van der Waals surface area (Å²) in [5.74, 6) is 0.00807. The molecule has 0 atom stereocenters. The van der Waals surface area contributed by atoms with Crippen LogP contribution in [0.1, 0.15) is 42.4 Å². The maximum Gasteiger partial charge on any atom is 0.243 e. The first-order chi connectivity index (χ1) is 15.3. The Labute approximate surface area is 191 Å². The van der Waals surface area contributed by atoms with Crippen LogP contribution in [0.15, 0.2) is 41.3 Å². The third-order valence-corrected chi connectivity index (χ3v) is 8.95. The van der Waals surface area contributed by atoms with Crippen molar-refractivity contribution in [2.24, 2.45) is 0 Å². The van der Waals surface area contributed by atoms with E-state index in [0.717, 1.165) is 55.5 Å². The number of likely N-dealkylation sites (tertiary alicyclic amines) is 1. The molecular weight excluding hydrogens is 427 g/mol. The van der Waals surface area contributed by atoms with Crippen LogP contribution in [-0.4, -0.2) is 55.9 Å². The standard InChI is InChI=1S/C25H33FN2O3S/c1-18-16-19(2)25(20(3)17-18)32(29,30)28-14-8-21(9-15-28)27-12-10-22(11-13-27)31-24-7-5-4-6-23(24)26/h4-7,16-17,21-22H,8-15H2,1-3H3. The molecule has 0 bridgehead atoms. The largest absolute Gasteiger partial charge is 0.487 e. The summed E-state index contributed by atoms with van der Waals surface area (Å²) in [5, 5.41) is 0. The zero-order valence-electron chi connectivity index (χ0n) is 19.2. The van der Waals surface area contributed by atoms with E-state index >= 15 is 0 Å². The first-order valence-electron chi connectivity index (χ1n) is 11.5. The monoisotopic (exact) mass is 460 g/mol. The number of ether oxygens (including phenoxy) is 1. The summed E-state index contributed by atoms with van der Waals surface area (Å²) in [7, 11) is -3.48. The van der Waals surface area contributed by atoms with Gasteiger partial charge < -0.3 is 9.64 Å². The van der Waals surface area contributed by atoms with E-state index in [-0.39, 0.29) is 11.9 Å². The topological polar surface area (TPSA) is 49.9 Å². The summed E-state index contributed by atoms with van der Waals surface area (Å²) >= 11 is 0. The smallest absolute Gasteiger partial charge is 0.243 e. The van der Waals surface area contributed by atoms with E-state index < -0.39 is 10.0 Å². The average molecular weight is 461 g/mol. The van der Waals surface area contributed by atoms with Crippen LogP contribution >= 0.6 is 0 Å². The maximum absolute atomic E-state index is 13.8. The van der Waals surface area contributed by atoms with Crippen molar-refractivity contribution in [2.75, 3.05) is 26.2 Å². The number of hydrogen-bond acceptors (Lipinski definition) is 4. The van der Waals surface area contributed by atoms with Crippen LogP contribution in [0.4, 0.5) is 4.39 Å². The molecule has 2 fully saturated rings. The third-order valence-electron chi connectivity index (χ3n) is 6.75. The second-order valence-corrected chi connectivity index (χ2v) is 11.0. The van der Waals surface area contributed by atoms with Gasteiger partial charge in [0, 0.05) is 32.2 Å². The molecule has 174 valence electrons. The lowest BCUT2D eigenvalue weighted by Gasteiger charge is -2.41. The highest BCUT2D eigenvalue weighted by Crippen LogP contribution is 2.30. The summed E-state index contributed by atoms with van der Waals surface area (Å²) in [5.41, 5.74) is 2.73. The van der Waals surface area contributed by atoms with Gasteiger partial charge in [-0.2, -0.15) is 4.31 Å². The highest BCUT2D eigenvalue weighted by molar-refractivity contribution is 7.89. The number of para-hydroxylation sites is 1. The van der Waals surface area contributed by atoms with Crippen LogP contribution in [-0.2, 0) is 10.0 Å². The predicted molar refractivity (Wildman–Crippen MR) is 124 cm³/mol. The van der Waals surface area contributed by atoms with Crippen LogP contribution in [0, 0.1) is 26.6 Å². The molecule has 2 aromatic rings. The fraction of sp³-hybridized carbons (Fsp3) is 0.520. The molecular formula is C25H33FN2O3S. The molecule has 4 rings (SSSR count). The number of sulfonamides is 1. The fourth-order valence-electron chi connectivity index (χ4n) is 5.23. The van der Waals surface area contributed by atoms with Crippen molar-refractivity contribution in [1.82, 2.24) is 9.21 Å². The summed E-state index contributed by atoms with van der Waals surface area (Å²) in [6, 6.07) is 10.8. The van der Waals surface area contributed by atoms with Gasteiger partial charge in [-0.05, 0) is 69.7 Å². The van der Waals surface area contributed by atoms with E-state index in [1.807, 2.05) is 32.9 Å². The van der Waals surface area contributed by atoms with Crippen LogP contribution < -0.4 is 4.74 Å². The lowest BCUT2D eigenvalue weighted by atomic mass is 10.00. The van der Waals surface area contributed by atoms with Crippen molar-refractivity contribution >= 4 is 10.0 Å². The number of benzene rings is 2. The molecule has 32 heavy (non-hydrogen) atoms. The second-order valence-electron chi connectivity index (χ2n) is 9.15. The Morgan fingerprint density at radius 3 is 2.09 bits per heavy atom. The number of rotatable bonds is 5. The molecule has 2 saturated heterocycles. The molecule has 0 unspecified atom stereocenters. The number of nitrogens with zero attached hydrogens (tertiary/aromatic N) is 2. The lowest BCUT2D eigenvalue weighted by Crippen LogP contribution is -2.50. The molecule has 0 amide bonds. The normalized spacial score (nSPS) is 19.9. The Morgan fingerprint density at radius 2 is 1.50 bits per heavy atom. The fourth-order valence-corrected chi connectivity index (χ4v) is 7.11. The predicted octanol–water partition coefficient (Wildman–Crippen LogP) is 4.45. The number of halogens is 1. The number of aryl methyl sites for hydroxylation is 3. The van der Waals surface area contributed by atoms with Gasteiger partial charge in [0.15, 0.2) is 11.6 Å². The van der Waals surface area contributed by atoms with Crippen molar-refractivity contribution in [3.63, 3.8) is 0 Å². The van der Waals surface area contributed by atoms with Crippen molar-refractivity contribution in [3.05, 3.63) is 58.9 Å². The van der Waals surface area contributed by atoms with E-state index in [0.29, 0.717) is 29.8 Å². The van der Waals surface area contributed by atoms with Gasteiger partial charge in [0.2, 0.25) is 10.0 Å². The summed E-state index contributed by atoms with van der Waals surface area (Å²) in [6.45, 7) is 8.64. The first kappa shape index (κ1) is 23.2. The van der Waals surface area contributed by atoms with Crippen molar-refractivity contribution in [2.45, 2.75) is 63.5 Å². The molecule has 2 aliphatic rings. The number of piperidine rings is 2. The molecule has 2 aromatic carbocycles. The molecule has 0 spiro atoms. The Morgan fingerprint density at radius 1 is 0.906 bits per heavy atom. The molecule has 0 radical (unpaired) electrons. The van der Waals surface area contributed by atoms with Crippen molar-refractivity contribution < 1.29 is 17.5 Å². The molecule has 7 heteroatoms. The van der Waals surface area contributed by atoms with Gasteiger partial charge in [0.05, 0.1) is 4.90 Å². The van der Waals surface area contributed by atoms with Gasteiger partial charge in [0.25, 0.3) is 0 Å². The minimum atomic E-state index is -3.48. The Balaban J connectivity index is 1.32. The van der Waals surface area contributed by atoms with Gasteiger partial charge in [-0.25, -0.2) is 12.8 Å². The van der Waals surface area contributed by atoms with E-state index in [9.17, 15) is 12.8 Å².